The van der Waals surface area contributed by atoms with E-state index in [9.17, 15) is 0 Å². The summed E-state index contributed by atoms with van der Waals surface area (Å²) in [7, 11) is 2.09. The summed E-state index contributed by atoms with van der Waals surface area (Å²) < 4.78 is 11.0. The Morgan fingerprint density at radius 1 is 0.800 bits per heavy atom. The minimum atomic E-state index is 0.936. The predicted octanol–water partition coefficient (Wildman–Crippen LogP) is 6.38. The fourth-order valence-electron chi connectivity index (χ4n) is 5.16. The molecular formula is C27H19N2O+. The molecular weight excluding hydrogens is 368 g/mol. The van der Waals surface area contributed by atoms with Gasteiger partial charge in [0.25, 0.3) is 0 Å². The molecule has 3 aromatic carbocycles. The molecule has 0 saturated carbocycles. The van der Waals surface area contributed by atoms with E-state index < -0.39 is 0 Å². The molecule has 4 aromatic heterocycles. The molecule has 0 N–H and O–H groups in total. The van der Waals surface area contributed by atoms with Gasteiger partial charge in [0.15, 0.2) is 6.20 Å². The molecule has 7 aromatic rings. The first kappa shape index (κ1) is 16.0. The average Bonchev–Trinajstić information content (AvgIpc) is 3.39. The third-order valence-electron chi connectivity index (χ3n) is 6.51. The van der Waals surface area contributed by atoms with Gasteiger partial charge in [-0.3, -0.25) is 4.40 Å². The quantitative estimate of drug-likeness (QED) is 0.299. The summed E-state index contributed by atoms with van der Waals surface area (Å²) in [5, 5.41) is 6.19. The van der Waals surface area contributed by atoms with Crippen LogP contribution in [0.5, 0.6) is 0 Å². The molecule has 0 atom stereocenters. The smallest absolute Gasteiger partial charge is 0.213 e. The van der Waals surface area contributed by atoms with E-state index >= 15 is 0 Å². The summed E-state index contributed by atoms with van der Waals surface area (Å²) >= 11 is 0. The predicted molar refractivity (Wildman–Crippen MR) is 122 cm³/mol. The number of rotatable bonds is 1. The van der Waals surface area contributed by atoms with Crippen LogP contribution < -0.4 is 4.57 Å². The zero-order valence-electron chi connectivity index (χ0n) is 16.8. The number of hydrogen-bond acceptors (Lipinski definition) is 1. The Morgan fingerprint density at radius 2 is 1.60 bits per heavy atom. The molecule has 0 spiro atoms. The van der Waals surface area contributed by atoms with Crippen LogP contribution in [0.2, 0.25) is 0 Å². The van der Waals surface area contributed by atoms with Crippen molar-refractivity contribution >= 4 is 49.3 Å². The van der Waals surface area contributed by atoms with Crippen LogP contribution in [0.15, 0.2) is 83.4 Å². The summed E-state index contributed by atoms with van der Waals surface area (Å²) in [6.07, 6.45) is 2.09. The average molecular weight is 387 g/mol. The van der Waals surface area contributed by atoms with Gasteiger partial charge < -0.3 is 4.42 Å². The number of aromatic nitrogens is 2. The monoisotopic (exact) mass is 387 g/mol. The van der Waals surface area contributed by atoms with Gasteiger partial charge in [-0.15, -0.1) is 0 Å². The van der Waals surface area contributed by atoms with Crippen LogP contribution in [0.1, 0.15) is 5.56 Å². The molecule has 0 aliphatic carbocycles. The first-order valence-corrected chi connectivity index (χ1v) is 10.3. The van der Waals surface area contributed by atoms with Gasteiger partial charge in [0.05, 0.1) is 16.4 Å². The van der Waals surface area contributed by atoms with Crippen LogP contribution in [0.3, 0.4) is 0 Å². The number of furan rings is 1. The van der Waals surface area contributed by atoms with Crippen LogP contribution in [-0.4, -0.2) is 4.40 Å². The van der Waals surface area contributed by atoms with E-state index in [1.165, 1.54) is 54.8 Å². The van der Waals surface area contributed by atoms with Crippen LogP contribution in [-0.2, 0) is 7.05 Å². The Morgan fingerprint density at radius 3 is 2.50 bits per heavy atom. The maximum absolute atomic E-state index is 6.51. The van der Waals surface area contributed by atoms with Crippen molar-refractivity contribution in [1.82, 2.24) is 4.40 Å². The minimum Gasteiger partial charge on any atom is -0.439 e. The van der Waals surface area contributed by atoms with Crippen molar-refractivity contribution in [2.75, 3.05) is 0 Å². The van der Waals surface area contributed by atoms with Gasteiger partial charge in [0.2, 0.25) is 11.4 Å². The highest BCUT2D eigenvalue weighted by Crippen LogP contribution is 2.43. The second-order valence-electron chi connectivity index (χ2n) is 8.20. The molecule has 7 rings (SSSR count). The molecule has 0 aliphatic heterocycles. The third-order valence-corrected chi connectivity index (χ3v) is 6.51. The maximum Gasteiger partial charge on any atom is 0.213 e. The minimum absolute atomic E-state index is 0.936. The number of hydrogen-bond donors (Lipinski definition) is 0. The Hall–Kier alpha value is -3.85. The first-order valence-electron chi connectivity index (χ1n) is 10.3. The Kier molecular flexibility index (Phi) is 2.88. The number of aryl methyl sites for hydroxylation is 2. The summed E-state index contributed by atoms with van der Waals surface area (Å²) in [6, 6.07) is 26.0. The Labute approximate surface area is 172 Å². The molecule has 3 nitrogen and oxygen atoms in total. The molecule has 3 heteroatoms. The number of fused-ring (bicyclic) bond motifs is 8. The van der Waals surface area contributed by atoms with Gasteiger partial charge in [0, 0.05) is 39.2 Å². The second-order valence-corrected chi connectivity index (χ2v) is 8.20. The highest BCUT2D eigenvalue weighted by Gasteiger charge is 2.23. The lowest BCUT2D eigenvalue weighted by molar-refractivity contribution is -0.660. The molecule has 0 aliphatic rings. The van der Waals surface area contributed by atoms with Gasteiger partial charge in [0.1, 0.15) is 12.6 Å². The summed E-state index contributed by atoms with van der Waals surface area (Å²) in [6.45, 7) is 2.16. The van der Waals surface area contributed by atoms with E-state index in [1.807, 2.05) is 0 Å². The molecule has 0 unspecified atom stereocenters. The van der Waals surface area contributed by atoms with Gasteiger partial charge in [-0.1, -0.05) is 36.4 Å². The molecule has 30 heavy (non-hydrogen) atoms. The molecule has 0 fully saturated rings. The van der Waals surface area contributed by atoms with E-state index in [0.29, 0.717) is 0 Å². The number of benzene rings is 3. The highest BCUT2D eigenvalue weighted by molar-refractivity contribution is 6.28. The van der Waals surface area contributed by atoms with Crippen LogP contribution >= 0.6 is 0 Å². The lowest BCUT2D eigenvalue weighted by Gasteiger charge is -2.04. The summed E-state index contributed by atoms with van der Waals surface area (Å²) in [4.78, 5) is 0. The largest absolute Gasteiger partial charge is 0.439 e. The molecule has 142 valence electrons. The number of nitrogens with zero attached hydrogens (tertiary/aromatic N) is 2. The molecule has 0 saturated heterocycles. The van der Waals surface area contributed by atoms with Gasteiger partial charge in [-0.05, 0) is 36.8 Å². The van der Waals surface area contributed by atoms with Crippen LogP contribution in [0.25, 0.3) is 60.5 Å². The van der Waals surface area contributed by atoms with E-state index in [1.54, 1.807) is 0 Å². The highest BCUT2D eigenvalue weighted by atomic mass is 16.3. The van der Waals surface area contributed by atoms with E-state index in [-0.39, 0.29) is 0 Å². The van der Waals surface area contributed by atoms with E-state index in [4.69, 9.17) is 4.42 Å². The van der Waals surface area contributed by atoms with Crippen molar-refractivity contribution in [2.24, 2.45) is 7.05 Å². The molecule has 0 bridgehead atoms. The van der Waals surface area contributed by atoms with Crippen LogP contribution in [0, 0.1) is 6.92 Å². The van der Waals surface area contributed by atoms with Gasteiger partial charge in [-0.2, -0.15) is 0 Å². The Bertz CT molecular complexity index is 1770. The molecule has 0 radical (unpaired) electrons. The normalized spacial score (nSPS) is 12.3. The van der Waals surface area contributed by atoms with E-state index in [0.717, 1.165) is 11.3 Å². The van der Waals surface area contributed by atoms with Crippen molar-refractivity contribution in [3.8, 4) is 11.3 Å². The molecule has 4 heterocycles. The maximum atomic E-state index is 6.51. The lowest BCUT2D eigenvalue weighted by Crippen LogP contribution is -2.30. The summed E-state index contributed by atoms with van der Waals surface area (Å²) in [5.41, 5.74) is 7.99. The van der Waals surface area contributed by atoms with Gasteiger partial charge in [-0.25, -0.2) is 4.57 Å². The second kappa shape index (κ2) is 5.39. The van der Waals surface area contributed by atoms with Crippen molar-refractivity contribution in [3.05, 3.63) is 84.6 Å². The van der Waals surface area contributed by atoms with E-state index in [2.05, 4.69) is 102 Å². The molecule has 0 amide bonds. The topological polar surface area (TPSA) is 21.4 Å². The van der Waals surface area contributed by atoms with Crippen molar-refractivity contribution in [3.63, 3.8) is 0 Å². The van der Waals surface area contributed by atoms with Crippen LogP contribution in [0.4, 0.5) is 0 Å². The van der Waals surface area contributed by atoms with Crippen molar-refractivity contribution < 1.29 is 8.98 Å². The number of para-hydroxylation sites is 2. The zero-order valence-corrected chi connectivity index (χ0v) is 16.8. The number of pyridine rings is 1. The Balaban J connectivity index is 1.70. The van der Waals surface area contributed by atoms with Crippen molar-refractivity contribution in [2.45, 2.75) is 6.92 Å². The summed E-state index contributed by atoms with van der Waals surface area (Å²) in [5.74, 6) is 0. The SMILES string of the molecule is Cc1cc2oc3c(c2cc1-c1cccc[n+]1C)c1cccc2c4ccccc4n3c21. The van der Waals surface area contributed by atoms with Gasteiger partial charge >= 0.3 is 0 Å². The fraction of sp³-hybridized carbons (Fsp3) is 0.0741. The lowest BCUT2D eigenvalue weighted by atomic mass is 10.0. The fourth-order valence-corrected chi connectivity index (χ4v) is 5.16. The third kappa shape index (κ3) is 1.83. The first-order chi connectivity index (χ1) is 14.7. The zero-order chi connectivity index (χ0) is 20.0. The standard InChI is InChI=1S/C27H19N2O/c1-16-14-24-21(15-20(16)22-11-5-6-13-28(22)2)25-19-10-7-9-18-17-8-3-4-12-23(17)29(26(18)19)27(25)30-24/h3-15H,1-2H3/q+1. The van der Waals surface area contributed by atoms with Crippen molar-refractivity contribution in [1.29, 1.82) is 0 Å².